The third kappa shape index (κ3) is 2.26. The highest BCUT2D eigenvalue weighted by Crippen LogP contribution is 2.36. The van der Waals surface area contributed by atoms with Crippen molar-refractivity contribution >= 4 is 11.7 Å². The van der Waals surface area contributed by atoms with E-state index in [9.17, 15) is 9.59 Å². The third-order valence-corrected chi connectivity index (χ3v) is 3.25. The lowest BCUT2D eigenvalue weighted by molar-refractivity contribution is -0.115. The Labute approximate surface area is 113 Å². The van der Waals surface area contributed by atoms with Gasteiger partial charge in [0, 0.05) is 32.8 Å². The van der Waals surface area contributed by atoms with Gasteiger partial charge in [0.15, 0.2) is 5.78 Å². The van der Waals surface area contributed by atoms with Gasteiger partial charge in [-0.05, 0) is 18.6 Å². The monoisotopic (exact) mass is 258 g/mol. The molecule has 0 saturated carbocycles. The molecular weight excluding hydrogens is 240 g/mol. The number of carbonyl (C=O) groups is 2. The average molecular weight is 258 g/mol. The smallest absolute Gasteiger partial charge is 0.259 e. The molecule has 0 aliphatic carbocycles. The molecule has 19 heavy (non-hydrogen) atoms. The second kappa shape index (κ2) is 4.88. The first-order valence-electron chi connectivity index (χ1n) is 6.25. The van der Waals surface area contributed by atoms with Crippen molar-refractivity contribution in [2.75, 3.05) is 14.1 Å². The highest BCUT2D eigenvalue weighted by molar-refractivity contribution is 6.05. The zero-order chi connectivity index (χ0) is 14.2. The van der Waals surface area contributed by atoms with E-state index in [4.69, 9.17) is 0 Å². The fourth-order valence-electron chi connectivity index (χ4n) is 2.39. The lowest BCUT2D eigenvalue weighted by atomic mass is 10.1. The van der Waals surface area contributed by atoms with E-state index in [1.807, 2.05) is 45.3 Å². The van der Waals surface area contributed by atoms with E-state index in [1.54, 1.807) is 16.0 Å². The normalized spacial score (nSPS) is 18.5. The summed E-state index contributed by atoms with van der Waals surface area (Å²) in [6.45, 7) is 3.43. The number of ketones is 1. The second-order valence-corrected chi connectivity index (χ2v) is 4.97. The van der Waals surface area contributed by atoms with Crippen molar-refractivity contribution in [1.29, 1.82) is 0 Å². The molecule has 0 N–H and O–H groups in total. The molecule has 0 bridgehead atoms. The van der Waals surface area contributed by atoms with Crippen LogP contribution in [0.5, 0.6) is 0 Å². The number of carbonyl (C=O) groups excluding carboxylic acids is 2. The summed E-state index contributed by atoms with van der Waals surface area (Å²) in [5.74, 6) is -0.215. The van der Waals surface area contributed by atoms with Crippen LogP contribution in [0.3, 0.4) is 0 Å². The molecule has 1 amide bonds. The van der Waals surface area contributed by atoms with Crippen LogP contribution in [0, 0.1) is 0 Å². The number of allylic oxidation sites excluding steroid dienone is 1. The van der Waals surface area contributed by atoms with Crippen LogP contribution in [0.4, 0.5) is 0 Å². The largest absolute Gasteiger partial charge is 0.382 e. The van der Waals surface area contributed by atoms with E-state index in [0.29, 0.717) is 11.3 Å². The number of hydrogen-bond donors (Lipinski definition) is 0. The van der Waals surface area contributed by atoms with Gasteiger partial charge in [0.2, 0.25) is 0 Å². The van der Waals surface area contributed by atoms with E-state index >= 15 is 0 Å². The van der Waals surface area contributed by atoms with Crippen LogP contribution in [0.1, 0.15) is 35.8 Å². The molecular formula is C15H18N2O2. The Morgan fingerprint density at radius 1 is 1.32 bits per heavy atom. The first-order valence-corrected chi connectivity index (χ1v) is 6.25. The van der Waals surface area contributed by atoms with Gasteiger partial charge in [0.05, 0.1) is 6.04 Å². The molecule has 0 spiro atoms. The van der Waals surface area contributed by atoms with E-state index in [-0.39, 0.29) is 17.7 Å². The summed E-state index contributed by atoms with van der Waals surface area (Å²) in [6, 6.07) is 7.39. The molecule has 100 valence electrons. The second-order valence-electron chi connectivity index (χ2n) is 4.97. The maximum Gasteiger partial charge on any atom is 0.259 e. The van der Waals surface area contributed by atoms with Gasteiger partial charge in [-0.15, -0.1) is 0 Å². The molecule has 1 unspecified atom stereocenters. The molecule has 0 radical (unpaired) electrons. The van der Waals surface area contributed by atoms with Gasteiger partial charge in [-0.3, -0.25) is 14.5 Å². The Hall–Kier alpha value is -2.10. The van der Waals surface area contributed by atoms with E-state index in [2.05, 4.69) is 0 Å². The minimum atomic E-state index is -0.112. The Morgan fingerprint density at radius 3 is 2.47 bits per heavy atom. The van der Waals surface area contributed by atoms with Crippen LogP contribution < -0.4 is 0 Å². The molecule has 1 aromatic rings. The molecule has 1 aliphatic rings. The average Bonchev–Trinajstić information content (AvgIpc) is 2.60. The molecule has 1 aromatic carbocycles. The fraction of sp³-hybridized carbons (Fsp3) is 0.333. The Bertz CT molecular complexity index is 561. The van der Waals surface area contributed by atoms with Gasteiger partial charge in [0.1, 0.15) is 5.70 Å². The quantitative estimate of drug-likeness (QED) is 0.780. The molecule has 0 saturated heterocycles. The van der Waals surface area contributed by atoms with Crippen LogP contribution in [0.15, 0.2) is 36.2 Å². The molecule has 1 aliphatic heterocycles. The van der Waals surface area contributed by atoms with Gasteiger partial charge in [0.25, 0.3) is 5.91 Å². The predicted molar refractivity (Wildman–Crippen MR) is 73.5 cm³/mol. The van der Waals surface area contributed by atoms with Gasteiger partial charge in [-0.25, -0.2) is 0 Å². The lowest BCUT2D eigenvalue weighted by Gasteiger charge is -2.24. The standard InChI is InChI=1S/C15H18N2O2/c1-10-12-7-5-6-8-13(12)15(19)17(10)14(11(2)18)9-16(3)4/h5-10H,1-4H3/b14-9+. The number of benzene rings is 1. The third-order valence-electron chi connectivity index (χ3n) is 3.25. The number of nitrogens with zero attached hydrogens (tertiary/aromatic N) is 2. The van der Waals surface area contributed by atoms with Crippen LogP contribution in [-0.2, 0) is 4.79 Å². The summed E-state index contributed by atoms with van der Waals surface area (Å²) in [7, 11) is 3.67. The molecule has 4 nitrogen and oxygen atoms in total. The van der Waals surface area contributed by atoms with E-state index < -0.39 is 0 Å². The van der Waals surface area contributed by atoms with Gasteiger partial charge in [-0.1, -0.05) is 18.2 Å². The molecule has 1 atom stereocenters. The van der Waals surface area contributed by atoms with Crippen LogP contribution >= 0.6 is 0 Å². The first kappa shape index (κ1) is 13.3. The summed E-state index contributed by atoms with van der Waals surface area (Å²) in [4.78, 5) is 27.6. The number of rotatable bonds is 3. The molecule has 1 heterocycles. The SMILES string of the molecule is CC(=O)/C(=C\N(C)C)N1C(=O)c2ccccc2C1C. The van der Waals surface area contributed by atoms with Crippen molar-refractivity contribution < 1.29 is 9.59 Å². The van der Waals surface area contributed by atoms with Crippen LogP contribution in [-0.4, -0.2) is 35.6 Å². The summed E-state index contributed by atoms with van der Waals surface area (Å²) >= 11 is 0. The summed E-state index contributed by atoms with van der Waals surface area (Å²) in [5, 5.41) is 0. The van der Waals surface area contributed by atoms with E-state index in [1.165, 1.54) is 6.92 Å². The summed E-state index contributed by atoms with van der Waals surface area (Å²) in [5.41, 5.74) is 2.08. The fourth-order valence-corrected chi connectivity index (χ4v) is 2.39. The number of fused-ring (bicyclic) bond motifs is 1. The zero-order valence-corrected chi connectivity index (χ0v) is 11.7. The maximum absolute atomic E-state index is 12.4. The van der Waals surface area contributed by atoms with Crippen molar-refractivity contribution in [3.63, 3.8) is 0 Å². The van der Waals surface area contributed by atoms with Crippen LogP contribution in [0.25, 0.3) is 0 Å². The minimum Gasteiger partial charge on any atom is -0.382 e. The minimum absolute atomic E-state index is 0.105. The van der Waals surface area contributed by atoms with Crippen LogP contribution in [0.2, 0.25) is 0 Å². The number of hydrogen-bond acceptors (Lipinski definition) is 3. The van der Waals surface area contributed by atoms with Crippen molar-refractivity contribution in [2.24, 2.45) is 0 Å². The lowest BCUT2D eigenvalue weighted by Crippen LogP contribution is -2.30. The zero-order valence-electron chi connectivity index (χ0n) is 11.7. The van der Waals surface area contributed by atoms with E-state index in [0.717, 1.165) is 5.56 Å². The number of Topliss-reactive ketones (excluding diaryl/α,β-unsaturated/α-hetero) is 1. The Balaban J connectivity index is 2.48. The summed E-state index contributed by atoms with van der Waals surface area (Å²) < 4.78 is 0. The maximum atomic E-state index is 12.4. The Kier molecular flexibility index (Phi) is 3.42. The summed E-state index contributed by atoms with van der Waals surface area (Å²) in [6.07, 6.45) is 1.70. The van der Waals surface area contributed by atoms with Crippen molar-refractivity contribution in [3.05, 3.63) is 47.3 Å². The van der Waals surface area contributed by atoms with Crippen molar-refractivity contribution in [3.8, 4) is 0 Å². The number of amides is 1. The van der Waals surface area contributed by atoms with Gasteiger partial charge in [-0.2, -0.15) is 0 Å². The molecule has 0 fully saturated rings. The predicted octanol–water partition coefficient (Wildman–Crippen LogP) is 2.20. The van der Waals surface area contributed by atoms with Crippen molar-refractivity contribution in [2.45, 2.75) is 19.9 Å². The Morgan fingerprint density at radius 2 is 1.95 bits per heavy atom. The molecule has 0 aromatic heterocycles. The highest BCUT2D eigenvalue weighted by Gasteiger charge is 2.36. The topological polar surface area (TPSA) is 40.6 Å². The first-order chi connectivity index (χ1) is 8.93. The van der Waals surface area contributed by atoms with Gasteiger partial charge >= 0.3 is 0 Å². The van der Waals surface area contributed by atoms with Crippen molar-refractivity contribution in [1.82, 2.24) is 9.80 Å². The highest BCUT2D eigenvalue weighted by atomic mass is 16.2. The molecule has 4 heteroatoms. The molecule has 2 rings (SSSR count). The van der Waals surface area contributed by atoms with Gasteiger partial charge < -0.3 is 4.90 Å².